The molecule has 7 heteroatoms. The van der Waals surface area contributed by atoms with Gasteiger partial charge in [-0.2, -0.15) is 0 Å². The quantitative estimate of drug-likeness (QED) is 0.641. The van der Waals surface area contributed by atoms with Crippen molar-refractivity contribution in [1.82, 2.24) is 5.32 Å². The van der Waals surface area contributed by atoms with E-state index in [4.69, 9.17) is 21.4 Å². The molecular formula is C19H21ClFNO3S. The zero-order valence-corrected chi connectivity index (χ0v) is 16.1. The van der Waals surface area contributed by atoms with Gasteiger partial charge in [0, 0.05) is 16.9 Å². The Hall–Kier alpha value is -1.76. The van der Waals surface area contributed by atoms with E-state index in [0.717, 1.165) is 15.5 Å². The van der Waals surface area contributed by atoms with Gasteiger partial charge in [-0.25, -0.2) is 4.39 Å². The first-order chi connectivity index (χ1) is 12.4. The highest BCUT2D eigenvalue weighted by molar-refractivity contribution is 7.99. The Morgan fingerprint density at radius 2 is 2.04 bits per heavy atom. The van der Waals surface area contributed by atoms with E-state index < -0.39 is 11.8 Å². The van der Waals surface area contributed by atoms with Crippen LogP contribution in [-0.4, -0.2) is 30.3 Å². The summed E-state index contributed by atoms with van der Waals surface area (Å²) in [6.07, 6.45) is 0. The molecule has 2 N–H and O–H groups in total. The van der Waals surface area contributed by atoms with Crippen molar-refractivity contribution in [2.24, 2.45) is 5.92 Å². The van der Waals surface area contributed by atoms with E-state index >= 15 is 0 Å². The van der Waals surface area contributed by atoms with Crippen LogP contribution < -0.4 is 10.1 Å². The Balaban J connectivity index is 2.00. The molecule has 2 aromatic rings. The standard InChI is InChI=1S/C19H21ClFNO3S/c1-12(13(2)22-10-19(23)24)11-25-17-5-3-4-6-18(17)26-14-7-8-16(21)15(20)9-14/h3-9,12-13,22H,10-11H2,1-2H3,(H,23,24). The minimum atomic E-state index is -0.885. The summed E-state index contributed by atoms with van der Waals surface area (Å²) in [7, 11) is 0. The zero-order valence-electron chi connectivity index (χ0n) is 14.5. The summed E-state index contributed by atoms with van der Waals surface area (Å²) in [5.41, 5.74) is 0. The van der Waals surface area contributed by atoms with Crippen LogP contribution in [0.25, 0.3) is 0 Å². The number of carboxylic acid groups (broad SMARTS) is 1. The first-order valence-electron chi connectivity index (χ1n) is 8.16. The third kappa shape index (κ3) is 6.20. The number of benzene rings is 2. The van der Waals surface area contributed by atoms with Gasteiger partial charge in [-0.15, -0.1) is 0 Å². The number of carbonyl (C=O) groups is 1. The number of hydrogen-bond acceptors (Lipinski definition) is 4. The highest BCUT2D eigenvalue weighted by Crippen LogP contribution is 2.36. The van der Waals surface area contributed by atoms with Gasteiger partial charge in [0.25, 0.3) is 0 Å². The van der Waals surface area contributed by atoms with Gasteiger partial charge in [-0.3, -0.25) is 4.79 Å². The summed E-state index contributed by atoms with van der Waals surface area (Å²) >= 11 is 7.28. The lowest BCUT2D eigenvalue weighted by Crippen LogP contribution is -2.38. The Morgan fingerprint density at radius 3 is 2.73 bits per heavy atom. The number of halogens is 2. The van der Waals surface area contributed by atoms with Crippen LogP contribution >= 0.6 is 23.4 Å². The second-order valence-electron chi connectivity index (χ2n) is 5.98. The van der Waals surface area contributed by atoms with Crippen molar-refractivity contribution in [3.05, 3.63) is 53.3 Å². The molecule has 0 aromatic heterocycles. The van der Waals surface area contributed by atoms with E-state index in [2.05, 4.69) is 5.32 Å². The molecule has 0 saturated carbocycles. The lowest BCUT2D eigenvalue weighted by atomic mass is 10.1. The minimum Gasteiger partial charge on any atom is -0.492 e. The molecule has 0 amide bonds. The molecule has 2 rings (SSSR count). The molecular weight excluding hydrogens is 377 g/mol. The molecule has 0 saturated heterocycles. The molecule has 0 aliphatic heterocycles. The average Bonchev–Trinajstić information content (AvgIpc) is 2.61. The maximum absolute atomic E-state index is 13.3. The predicted molar refractivity (Wildman–Crippen MR) is 102 cm³/mol. The molecule has 0 spiro atoms. The molecule has 2 unspecified atom stereocenters. The number of carboxylic acids is 1. The van der Waals surface area contributed by atoms with Gasteiger partial charge in [0.05, 0.1) is 23.1 Å². The van der Waals surface area contributed by atoms with Gasteiger partial charge < -0.3 is 15.2 Å². The van der Waals surface area contributed by atoms with E-state index in [-0.39, 0.29) is 23.5 Å². The van der Waals surface area contributed by atoms with E-state index in [1.165, 1.54) is 17.8 Å². The Bertz CT molecular complexity index is 759. The number of hydrogen-bond donors (Lipinski definition) is 2. The summed E-state index contributed by atoms with van der Waals surface area (Å²) in [4.78, 5) is 12.4. The van der Waals surface area contributed by atoms with Gasteiger partial charge in [0.1, 0.15) is 11.6 Å². The first kappa shape index (κ1) is 20.6. The van der Waals surface area contributed by atoms with Gasteiger partial charge >= 0.3 is 5.97 Å². The molecule has 26 heavy (non-hydrogen) atoms. The molecule has 0 aliphatic rings. The number of rotatable bonds is 9. The topological polar surface area (TPSA) is 58.6 Å². The molecule has 2 atom stereocenters. The van der Waals surface area contributed by atoms with Gasteiger partial charge in [0.15, 0.2) is 0 Å². The molecule has 4 nitrogen and oxygen atoms in total. The van der Waals surface area contributed by atoms with Crippen LogP contribution in [0, 0.1) is 11.7 Å². The molecule has 140 valence electrons. The highest BCUT2D eigenvalue weighted by atomic mass is 35.5. The van der Waals surface area contributed by atoms with Crippen LogP contribution in [0.5, 0.6) is 5.75 Å². The van der Waals surface area contributed by atoms with E-state index in [0.29, 0.717) is 6.61 Å². The van der Waals surface area contributed by atoms with Crippen LogP contribution in [0.3, 0.4) is 0 Å². The van der Waals surface area contributed by atoms with Crippen LogP contribution in [0.2, 0.25) is 5.02 Å². The molecule has 0 fully saturated rings. The highest BCUT2D eigenvalue weighted by Gasteiger charge is 2.15. The average molecular weight is 398 g/mol. The summed E-state index contributed by atoms with van der Waals surface area (Å²) in [6.45, 7) is 4.28. The second-order valence-corrected chi connectivity index (χ2v) is 7.50. The van der Waals surface area contributed by atoms with Crippen molar-refractivity contribution in [2.45, 2.75) is 29.7 Å². The third-order valence-corrected chi connectivity index (χ3v) is 5.24. The second kappa shape index (κ2) is 9.80. The summed E-state index contributed by atoms with van der Waals surface area (Å²) in [6, 6.07) is 12.2. The predicted octanol–water partition coefficient (Wildman–Crippen LogP) is 4.71. The zero-order chi connectivity index (χ0) is 19.1. The Kier molecular flexibility index (Phi) is 7.75. The molecule has 0 heterocycles. The molecule has 2 aromatic carbocycles. The van der Waals surface area contributed by atoms with Gasteiger partial charge in [-0.1, -0.05) is 42.4 Å². The lowest BCUT2D eigenvalue weighted by Gasteiger charge is -2.21. The van der Waals surface area contributed by atoms with Crippen molar-refractivity contribution in [2.75, 3.05) is 13.2 Å². The fraction of sp³-hybridized carbons (Fsp3) is 0.316. The summed E-state index contributed by atoms with van der Waals surface area (Å²) in [5, 5.41) is 11.8. The fourth-order valence-electron chi connectivity index (χ4n) is 2.14. The maximum atomic E-state index is 13.3. The molecule has 0 bridgehead atoms. The summed E-state index contributed by atoms with van der Waals surface area (Å²) in [5.74, 6) is -0.496. The van der Waals surface area contributed by atoms with Gasteiger partial charge in [-0.05, 0) is 37.3 Å². The van der Waals surface area contributed by atoms with Crippen molar-refractivity contribution in [3.8, 4) is 5.75 Å². The third-order valence-electron chi connectivity index (χ3n) is 3.90. The van der Waals surface area contributed by atoms with Crippen LogP contribution in [-0.2, 0) is 4.79 Å². The fourth-order valence-corrected chi connectivity index (χ4v) is 3.32. The monoisotopic (exact) mass is 397 g/mol. The first-order valence-corrected chi connectivity index (χ1v) is 9.36. The SMILES string of the molecule is CC(COc1ccccc1Sc1ccc(F)c(Cl)c1)C(C)NCC(=O)O. The van der Waals surface area contributed by atoms with Crippen molar-refractivity contribution in [3.63, 3.8) is 0 Å². The van der Waals surface area contributed by atoms with Crippen LogP contribution in [0.1, 0.15) is 13.8 Å². The maximum Gasteiger partial charge on any atom is 0.317 e. The van der Waals surface area contributed by atoms with Gasteiger partial charge in [0.2, 0.25) is 0 Å². The largest absolute Gasteiger partial charge is 0.492 e. The molecule has 0 radical (unpaired) electrons. The normalized spacial score (nSPS) is 13.2. The lowest BCUT2D eigenvalue weighted by molar-refractivity contribution is -0.136. The Morgan fingerprint density at radius 1 is 1.31 bits per heavy atom. The van der Waals surface area contributed by atoms with Crippen molar-refractivity contribution < 1.29 is 19.0 Å². The summed E-state index contributed by atoms with van der Waals surface area (Å²) < 4.78 is 19.2. The van der Waals surface area contributed by atoms with Crippen LogP contribution in [0.4, 0.5) is 4.39 Å². The molecule has 0 aliphatic carbocycles. The number of aliphatic carboxylic acids is 1. The smallest absolute Gasteiger partial charge is 0.317 e. The van der Waals surface area contributed by atoms with E-state index in [9.17, 15) is 9.18 Å². The number of nitrogens with one attached hydrogen (secondary N) is 1. The number of ether oxygens (including phenoxy) is 1. The van der Waals surface area contributed by atoms with Crippen LogP contribution in [0.15, 0.2) is 52.3 Å². The van der Waals surface area contributed by atoms with E-state index in [1.807, 2.05) is 38.1 Å². The Labute approximate surface area is 161 Å². The minimum absolute atomic E-state index is 0.00169. The van der Waals surface area contributed by atoms with Crippen molar-refractivity contribution >= 4 is 29.3 Å². The van der Waals surface area contributed by atoms with E-state index in [1.54, 1.807) is 12.1 Å². The van der Waals surface area contributed by atoms with Crippen molar-refractivity contribution in [1.29, 1.82) is 0 Å². The number of para-hydroxylation sites is 1.